The largest absolute Gasteiger partial charge is 0.356 e. The molecule has 122 valence electrons. The third kappa shape index (κ3) is 7.99. The third-order valence-electron chi connectivity index (χ3n) is 2.67. The van der Waals surface area contributed by atoms with Crippen molar-refractivity contribution < 1.29 is 0 Å². The molecule has 0 aliphatic rings. The second kappa shape index (κ2) is 8.31. The first kappa shape index (κ1) is 20.6. The number of guanidine groups is 1. The SMILES string of the molecule is CN=C(NCCc1nc(C(C)(C)C)cs1)NC(C)(C)C.I. The van der Waals surface area contributed by atoms with E-state index in [9.17, 15) is 0 Å². The molecule has 0 atom stereocenters. The molecule has 21 heavy (non-hydrogen) atoms. The van der Waals surface area contributed by atoms with E-state index in [2.05, 4.69) is 62.5 Å². The quantitative estimate of drug-likeness (QED) is 0.443. The summed E-state index contributed by atoms with van der Waals surface area (Å²) >= 11 is 1.74. The number of nitrogens with zero attached hydrogens (tertiary/aromatic N) is 2. The average molecular weight is 424 g/mol. The van der Waals surface area contributed by atoms with Crippen molar-refractivity contribution in [1.29, 1.82) is 0 Å². The van der Waals surface area contributed by atoms with E-state index in [0.717, 1.165) is 18.9 Å². The van der Waals surface area contributed by atoms with Gasteiger partial charge in [0.05, 0.1) is 10.7 Å². The lowest BCUT2D eigenvalue weighted by molar-refractivity contribution is 0.501. The summed E-state index contributed by atoms with van der Waals surface area (Å²) in [6, 6.07) is 0. The zero-order valence-corrected chi connectivity index (χ0v) is 17.3. The van der Waals surface area contributed by atoms with Gasteiger partial charge in [0.1, 0.15) is 0 Å². The first-order chi connectivity index (χ1) is 9.12. The number of hydrogen-bond donors (Lipinski definition) is 2. The maximum Gasteiger partial charge on any atom is 0.191 e. The van der Waals surface area contributed by atoms with Gasteiger partial charge in [0.15, 0.2) is 5.96 Å². The standard InChI is InChI=1S/C15H28N4S.HI/c1-14(2,3)11-10-20-12(18-11)8-9-17-13(16-7)19-15(4,5)6;/h10H,8-9H2,1-7H3,(H2,16,17,19);1H. The Morgan fingerprint density at radius 3 is 2.29 bits per heavy atom. The monoisotopic (exact) mass is 424 g/mol. The van der Waals surface area contributed by atoms with Gasteiger partial charge in [-0.15, -0.1) is 35.3 Å². The Morgan fingerprint density at radius 1 is 1.24 bits per heavy atom. The molecule has 0 fully saturated rings. The molecule has 0 spiro atoms. The van der Waals surface area contributed by atoms with Gasteiger partial charge in [0.2, 0.25) is 0 Å². The lowest BCUT2D eigenvalue weighted by atomic mass is 9.93. The summed E-state index contributed by atoms with van der Waals surface area (Å²) in [5, 5.41) is 10.0. The maximum absolute atomic E-state index is 4.70. The van der Waals surface area contributed by atoms with Crippen LogP contribution in [-0.2, 0) is 11.8 Å². The van der Waals surface area contributed by atoms with Crippen LogP contribution in [0.1, 0.15) is 52.2 Å². The highest BCUT2D eigenvalue weighted by molar-refractivity contribution is 14.0. The summed E-state index contributed by atoms with van der Waals surface area (Å²) in [4.78, 5) is 8.92. The molecule has 0 unspecified atom stereocenters. The topological polar surface area (TPSA) is 49.3 Å². The minimum Gasteiger partial charge on any atom is -0.356 e. The Kier molecular flexibility index (Phi) is 8.17. The fourth-order valence-corrected chi connectivity index (χ4v) is 2.62. The van der Waals surface area contributed by atoms with Gasteiger partial charge < -0.3 is 10.6 Å². The highest BCUT2D eigenvalue weighted by atomic mass is 127. The minimum atomic E-state index is 0. The van der Waals surface area contributed by atoms with Crippen molar-refractivity contribution in [3.63, 3.8) is 0 Å². The van der Waals surface area contributed by atoms with Gasteiger partial charge in [-0.05, 0) is 20.8 Å². The fraction of sp³-hybridized carbons (Fsp3) is 0.733. The van der Waals surface area contributed by atoms with Crippen molar-refractivity contribution in [1.82, 2.24) is 15.6 Å². The van der Waals surface area contributed by atoms with Crippen LogP contribution in [0, 0.1) is 0 Å². The average Bonchev–Trinajstić information content (AvgIpc) is 2.74. The van der Waals surface area contributed by atoms with E-state index in [0.29, 0.717) is 0 Å². The third-order valence-corrected chi connectivity index (χ3v) is 3.58. The van der Waals surface area contributed by atoms with Gasteiger partial charge in [-0.1, -0.05) is 20.8 Å². The van der Waals surface area contributed by atoms with Crippen LogP contribution in [0.3, 0.4) is 0 Å². The summed E-state index contributed by atoms with van der Waals surface area (Å²) in [7, 11) is 1.79. The van der Waals surface area contributed by atoms with Crippen LogP contribution >= 0.6 is 35.3 Å². The molecule has 0 bridgehead atoms. The molecular formula is C15H29IN4S. The molecule has 0 saturated carbocycles. The molecule has 1 rings (SSSR count). The van der Waals surface area contributed by atoms with Crippen LogP contribution < -0.4 is 10.6 Å². The fourth-order valence-electron chi connectivity index (χ4n) is 1.59. The molecule has 4 nitrogen and oxygen atoms in total. The summed E-state index contributed by atoms with van der Waals surface area (Å²) in [6.07, 6.45) is 0.922. The first-order valence-electron chi connectivity index (χ1n) is 7.05. The Morgan fingerprint density at radius 2 is 1.86 bits per heavy atom. The zero-order valence-electron chi connectivity index (χ0n) is 14.2. The Labute approximate surface area is 150 Å². The highest BCUT2D eigenvalue weighted by Crippen LogP contribution is 2.23. The molecule has 1 aromatic rings. The van der Waals surface area contributed by atoms with Crippen molar-refractivity contribution in [2.45, 2.75) is 58.9 Å². The van der Waals surface area contributed by atoms with Crippen molar-refractivity contribution >= 4 is 41.3 Å². The second-order valence-corrected chi connectivity index (χ2v) is 7.94. The van der Waals surface area contributed by atoms with Gasteiger partial charge in [0.25, 0.3) is 0 Å². The molecule has 0 aromatic carbocycles. The van der Waals surface area contributed by atoms with E-state index in [1.807, 2.05) is 0 Å². The molecule has 0 radical (unpaired) electrons. The van der Waals surface area contributed by atoms with Gasteiger partial charge in [0, 0.05) is 36.3 Å². The molecular weight excluding hydrogens is 395 g/mol. The summed E-state index contributed by atoms with van der Waals surface area (Å²) < 4.78 is 0. The summed E-state index contributed by atoms with van der Waals surface area (Å²) in [5.41, 5.74) is 1.32. The van der Waals surface area contributed by atoms with Crippen molar-refractivity contribution in [2.24, 2.45) is 4.99 Å². The Bertz CT molecular complexity index is 455. The highest BCUT2D eigenvalue weighted by Gasteiger charge is 2.17. The van der Waals surface area contributed by atoms with Crippen molar-refractivity contribution in [2.75, 3.05) is 13.6 Å². The molecule has 1 aromatic heterocycles. The predicted octanol–water partition coefficient (Wildman–Crippen LogP) is 3.56. The van der Waals surface area contributed by atoms with Crippen LogP contribution in [-0.4, -0.2) is 30.1 Å². The van der Waals surface area contributed by atoms with E-state index >= 15 is 0 Å². The zero-order chi connectivity index (χ0) is 15.4. The Balaban J connectivity index is 0.00000400. The van der Waals surface area contributed by atoms with E-state index in [-0.39, 0.29) is 34.9 Å². The summed E-state index contributed by atoms with van der Waals surface area (Å²) in [6.45, 7) is 13.8. The van der Waals surface area contributed by atoms with Gasteiger partial charge in [-0.3, -0.25) is 4.99 Å². The second-order valence-electron chi connectivity index (χ2n) is 7.00. The number of rotatable bonds is 3. The number of thiazole rings is 1. The van der Waals surface area contributed by atoms with E-state index < -0.39 is 0 Å². The number of hydrogen-bond acceptors (Lipinski definition) is 3. The van der Waals surface area contributed by atoms with Crippen LogP contribution in [0.5, 0.6) is 0 Å². The summed E-state index contributed by atoms with van der Waals surface area (Å²) in [5.74, 6) is 0.838. The normalized spacial score (nSPS) is 12.8. The number of aromatic nitrogens is 1. The Hall–Kier alpha value is -0.370. The van der Waals surface area contributed by atoms with Crippen molar-refractivity contribution in [3.05, 3.63) is 16.1 Å². The van der Waals surface area contributed by atoms with Gasteiger partial charge in [-0.25, -0.2) is 4.98 Å². The molecule has 0 saturated heterocycles. The van der Waals surface area contributed by atoms with Crippen LogP contribution in [0.25, 0.3) is 0 Å². The number of nitrogens with one attached hydrogen (secondary N) is 2. The molecule has 0 aliphatic carbocycles. The lowest BCUT2D eigenvalue weighted by Crippen LogP contribution is -2.48. The lowest BCUT2D eigenvalue weighted by Gasteiger charge is -2.23. The predicted molar refractivity (Wildman–Crippen MR) is 104 cm³/mol. The van der Waals surface area contributed by atoms with E-state index in [1.165, 1.54) is 10.7 Å². The van der Waals surface area contributed by atoms with Crippen LogP contribution in [0.4, 0.5) is 0 Å². The first-order valence-corrected chi connectivity index (χ1v) is 7.93. The number of halogens is 1. The molecule has 0 amide bonds. The van der Waals surface area contributed by atoms with Crippen LogP contribution in [0.2, 0.25) is 0 Å². The number of aliphatic imine (C=N–C) groups is 1. The van der Waals surface area contributed by atoms with Gasteiger partial charge in [-0.2, -0.15) is 0 Å². The molecule has 2 N–H and O–H groups in total. The smallest absolute Gasteiger partial charge is 0.191 e. The minimum absolute atomic E-state index is 0. The van der Waals surface area contributed by atoms with E-state index in [4.69, 9.17) is 4.98 Å². The van der Waals surface area contributed by atoms with Gasteiger partial charge >= 0.3 is 0 Å². The molecule has 0 aliphatic heterocycles. The maximum atomic E-state index is 4.70. The molecule has 6 heteroatoms. The molecule has 1 heterocycles. The van der Waals surface area contributed by atoms with E-state index in [1.54, 1.807) is 18.4 Å². The van der Waals surface area contributed by atoms with Crippen LogP contribution in [0.15, 0.2) is 10.4 Å². The van der Waals surface area contributed by atoms with Crippen molar-refractivity contribution in [3.8, 4) is 0 Å².